The predicted molar refractivity (Wildman–Crippen MR) is 119 cm³/mol. The van der Waals surface area contributed by atoms with Crippen LogP contribution in [-0.2, 0) is 4.74 Å². The summed E-state index contributed by atoms with van der Waals surface area (Å²) in [6.07, 6.45) is 5.59. The number of benzene rings is 1. The number of hydrogen-bond acceptors (Lipinski definition) is 8. The van der Waals surface area contributed by atoms with E-state index in [9.17, 15) is 0 Å². The maximum atomic E-state index is 6.52. The van der Waals surface area contributed by atoms with E-state index in [1.54, 1.807) is 12.4 Å². The lowest BCUT2D eigenvalue weighted by Gasteiger charge is -2.41. The fraction of sp³-hybridized carbons (Fsp3) is 0.450. The third kappa shape index (κ3) is 3.30. The van der Waals surface area contributed by atoms with Gasteiger partial charge >= 0.3 is 0 Å². The summed E-state index contributed by atoms with van der Waals surface area (Å²) in [6.45, 7) is 4.54. The molecule has 3 aromatic rings. The summed E-state index contributed by atoms with van der Waals surface area (Å²) >= 11 is 7.93. The van der Waals surface area contributed by atoms with Crippen molar-refractivity contribution in [3.63, 3.8) is 0 Å². The van der Waals surface area contributed by atoms with Gasteiger partial charge in [-0.3, -0.25) is 5.10 Å². The zero-order valence-corrected chi connectivity index (χ0v) is 18.2. The molecule has 0 aliphatic carbocycles. The van der Waals surface area contributed by atoms with E-state index in [1.807, 2.05) is 12.1 Å². The number of ether oxygens (including phenoxy) is 1. The van der Waals surface area contributed by atoms with E-state index in [4.69, 9.17) is 27.8 Å². The summed E-state index contributed by atoms with van der Waals surface area (Å²) in [7, 11) is 0. The second-order valence-corrected chi connectivity index (χ2v) is 9.53. The number of fused-ring (bicyclic) bond motifs is 1. The summed E-state index contributed by atoms with van der Waals surface area (Å²) < 4.78 is 5.81. The van der Waals surface area contributed by atoms with E-state index >= 15 is 0 Å². The van der Waals surface area contributed by atoms with Crippen molar-refractivity contribution in [2.45, 2.75) is 41.8 Å². The molecular formula is C20H24ClN7OS. The molecule has 0 radical (unpaired) electrons. The molecule has 4 heterocycles. The molecule has 0 saturated carbocycles. The number of nitrogens with one attached hydrogen (secondary N) is 1. The fourth-order valence-corrected chi connectivity index (χ4v) is 5.54. The molecule has 2 fully saturated rings. The Bertz CT molecular complexity index is 1080. The average molecular weight is 446 g/mol. The minimum Gasteiger partial charge on any atom is -0.381 e. The zero-order valence-electron chi connectivity index (χ0n) is 16.6. The Morgan fingerprint density at radius 1 is 1.30 bits per heavy atom. The molecule has 2 aliphatic rings. The van der Waals surface area contributed by atoms with Gasteiger partial charge in [0, 0.05) is 34.8 Å². The van der Waals surface area contributed by atoms with Gasteiger partial charge in [-0.15, -0.1) is 0 Å². The number of piperidine rings is 1. The Morgan fingerprint density at radius 3 is 2.80 bits per heavy atom. The fourth-order valence-electron chi connectivity index (χ4n) is 4.41. The lowest BCUT2D eigenvalue weighted by atomic mass is 9.73. The number of aromatic amines is 1. The van der Waals surface area contributed by atoms with E-state index < -0.39 is 0 Å². The van der Waals surface area contributed by atoms with Crippen LogP contribution in [-0.4, -0.2) is 52.0 Å². The molecule has 30 heavy (non-hydrogen) atoms. The third-order valence-corrected chi connectivity index (χ3v) is 8.00. The van der Waals surface area contributed by atoms with Crippen LogP contribution in [0.3, 0.4) is 0 Å². The smallest absolute Gasteiger partial charge is 0.158 e. The summed E-state index contributed by atoms with van der Waals surface area (Å²) in [5, 5.41) is 9.08. The molecule has 5 N–H and O–H groups in total. The maximum absolute atomic E-state index is 6.52. The molecule has 0 unspecified atom stereocenters. The summed E-state index contributed by atoms with van der Waals surface area (Å²) in [5.41, 5.74) is 13.6. The molecule has 10 heteroatoms. The molecule has 0 bridgehead atoms. The van der Waals surface area contributed by atoms with Crippen molar-refractivity contribution in [1.29, 1.82) is 0 Å². The van der Waals surface area contributed by atoms with Gasteiger partial charge in [-0.05, 0) is 31.9 Å². The molecule has 5 rings (SSSR count). The van der Waals surface area contributed by atoms with Crippen molar-refractivity contribution < 1.29 is 4.74 Å². The number of nitrogens with zero attached hydrogens (tertiary/aromatic N) is 4. The minimum atomic E-state index is 0.0765. The molecule has 8 nitrogen and oxygen atoms in total. The first-order valence-corrected chi connectivity index (χ1v) is 11.2. The molecule has 2 aromatic heterocycles. The average Bonchev–Trinajstić information content (AvgIpc) is 3.34. The van der Waals surface area contributed by atoms with Gasteiger partial charge in [0.1, 0.15) is 10.8 Å². The van der Waals surface area contributed by atoms with Crippen molar-refractivity contribution in [1.82, 2.24) is 20.2 Å². The third-order valence-electron chi connectivity index (χ3n) is 6.41. The van der Waals surface area contributed by atoms with Crippen LogP contribution in [0.4, 0.5) is 11.6 Å². The Balaban J connectivity index is 1.31. The van der Waals surface area contributed by atoms with Crippen molar-refractivity contribution in [3.8, 4) is 0 Å². The van der Waals surface area contributed by atoms with E-state index in [1.165, 1.54) is 11.8 Å². The van der Waals surface area contributed by atoms with Gasteiger partial charge in [-0.1, -0.05) is 23.4 Å². The molecule has 0 amide bonds. The first-order chi connectivity index (χ1) is 14.5. The molecular weight excluding hydrogens is 422 g/mol. The van der Waals surface area contributed by atoms with Gasteiger partial charge in [0.25, 0.3) is 0 Å². The zero-order chi connectivity index (χ0) is 20.9. The molecule has 2 saturated heterocycles. The summed E-state index contributed by atoms with van der Waals surface area (Å²) in [5.74, 6) is 1.19. The first kappa shape index (κ1) is 19.9. The monoisotopic (exact) mass is 445 g/mol. The second kappa shape index (κ2) is 7.56. The minimum absolute atomic E-state index is 0.0765. The lowest BCUT2D eigenvalue weighted by molar-refractivity contribution is 0.0974. The molecule has 1 aromatic carbocycles. The van der Waals surface area contributed by atoms with Gasteiger partial charge in [0.05, 0.1) is 35.6 Å². The van der Waals surface area contributed by atoms with E-state index in [-0.39, 0.29) is 17.6 Å². The Morgan fingerprint density at radius 2 is 2.10 bits per heavy atom. The van der Waals surface area contributed by atoms with Crippen LogP contribution in [0.5, 0.6) is 0 Å². The number of rotatable bonds is 3. The number of nitrogen functional groups attached to an aromatic ring is 1. The van der Waals surface area contributed by atoms with Gasteiger partial charge in [-0.25, -0.2) is 9.97 Å². The number of nitrogens with two attached hydrogens (primary N) is 2. The molecule has 2 atom stereocenters. The number of aromatic nitrogens is 4. The van der Waals surface area contributed by atoms with E-state index in [0.717, 1.165) is 54.2 Å². The SMILES string of the molecule is C[C@@H]1OCC2(CCN(c3cnc(Sc4ccc5[nH]ncc5c4Cl)c(N)n3)CC2)[C@@H]1N. The topological polar surface area (TPSA) is 119 Å². The van der Waals surface area contributed by atoms with Crippen LogP contribution in [0.15, 0.2) is 34.4 Å². The van der Waals surface area contributed by atoms with Crippen molar-refractivity contribution >= 4 is 45.9 Å². The highest BCUT2D eigenvalue weighted by Gasteiger charge is 2.47. The number of anilines is 2. The number of hydrogen-bond donors (Lipinski definition) is 3. The first-order valence-electron chi connectivity index (χ1n) is 10.0. The Labute approximate surface area is 183 Å². The molecule has 1 spiro atoms. The van der Waals surface area contributed by atoms with Crippen LogP contribution >= 0.6 is 23.4 Å². The van der Waals surface area contributed by atoms with Crippen LogP contribution in [0.1, 0.15) is 19.8 Å². The Kier molecular flexibility index (Phi) is 5.01. The number of halogens is 1. The maximum Gasteiger partial charge on any atom is 0.158 e. The summed E-state index contributed by atoms with van der Waals surface area (Å²) in [6, 6.07) is 3.96. The molecule has 158 valence electrons. The van der Waals surface area contributed by atoms with Gasteiger partial charge in [0.15, 0.2) is 5.82 Å². The van der Waals surface area contributed by atoms with E-state index in [2.05, 4.69) is 32.0 Å². The largest absolute Gasteiger partial charge is 0.381 e. The summed E-state index contributed by atoms with van der Waals surface area (Å²) in [4.78, 5) is 12.3. The number of H-pyrrole nitrogens is 1. The van der Waals surface area contributed by atoms with Crippen LogP contribution in [0, 0.1) is 5.41 Å². The highest BCUT2D eigenvalue weighted by atomic mass is 35.5. The van der Waals surface area contributed by atoms with Crippen molar-refractivity contribution in [2.24, 2.45) is 11.1 Å². The normalized spacial score (nSPS) is 23.5. The predicted octanol–water partition coefficient (Wildman–Crippen LogP) is 3.07. The highest BCUT2D eigenvalue weighted by molar-refractivity contribution is 7.99. The van der Waals surface area contributed by atoms with Gasteiger partial charge in [-0.2, -0.15) is 5.10 Å². The Hall–Kier alpha value is -2.07. The quantitative estimate of drug-likeness (QED) is 0.562. The van der Waals surface area contributed by atoms with Crippen molar-refractivity contribution in [2.75, 3.05) is 30.3 Å². The van der Waals surface area contributed by atoms with Gasteiger partial charge < -0.3 is 21.1 Å². The standard InChI is InChI=1S/C20H24ClN7OS/c1-11-17(22)20(10-29-11)4-6-28(7-5-20)15-9-24-19(18(23)26-15)30-14-3-2-13-12(16(14)21)8-25-27-13/h2-3,8-9,11,17H,4-7,10,22H2,1H3,(H2,23,26)(H,25,27)/t11-,17+/m0/s1. The highest BCUT2D eigenvalue weighted by Crippen LogP contribution is 2.42. The van der Waals surface area contributed by atoms with Crippen LogP contribution in [0.2, 0.25) is 5.02 Å². The van der Waals surface area contributed by atoms with E-state index in [0.29, 0.717) is 15.9 Å². The molecule has 2 aliphatic heterocycles. The lowest BCUT2D eigenvalue weighted by Crippen LogP contribution is -2.50. The van der Waals surface area contributed by atoms with Crippen molar-refractivity contribution in [3.05, 3.63) is 29.5 Å². The van der Waals surface area contributed by atoms with Crippen LogP contribution < -0.4 is 16.4 Å². The van der Waals surface area contributed by atoms with Crippen LogP contribution in [0.25, 0.3) is 10.9 Å². The van der Waals surface area contributed by atoms with Gasteiger partial charge in [0.2, 0.25) is 0 Å². The second-order valence-electron chi connectivity index (χ2n) is 8.12.